The van der Waals surface area contributed by atoms with E-state index in [9.17, 15) is 9.59 Å². The molecule has 1 aliphatic heterocycles. The van der Waals surface area contributed by atoms with Crippen LogP contribution in [0.3, 0.4) is 0 Å². The zero-order chi connectivity index (χ0) is 20.1. The van der Waals surface area contributed by atoms with Crippen LogP contribution >= 0.6 is 11.3 Å². The minimum absolute atomic E-state index is 0.0846. The van der Waals surface area contributed by atoms with Crippen LogP contribution in [0, 0.1) is 13.8 Å². The average molecular weight is 402 g/mol. The van der Waals surface area contributed by atoms with Gasteiger partial charge in [0.15, 0.2) is 0 Å². The predicted molar refractivity (Wildman–Crippen MR) is 110 cm³/mol. The van der Waals surface area contributed by atoms with E-state index in [0.717, 1.165) is 28.3 Å². The molecule has 1 aromatic heterocycles. The first-order valence-electron chi connectivity index (χ1n) is 9.43. The van der Waals surface area contributed by atoms with Crippen LogP contribution in [0.4, 0.5) is 0 Å². The number of aryl methyl sites for hydroxylation is 2. The first-order valence-corrected chi connectivity index (χ1v) is 10.2. The number of benzene rings is 1. The van der Waals surface area contributed by atoms with Crippen molar-refractivity contribution in [1.82, 2.24) is 15.5 Å². The van der Waals surface area contributed by atoms with Gasteiger partial charge in [-0.3, -0.25) is 14.5 Å². The molecule has 7 heteroatoms. The Morgan fingerprint density at radius 3 is 2.82 bits per heavy atom. The van der Waals surface area contributed by atoms with Crippen molar-refractivity contribution in [3.63, 3.8) is 0 Å². The molecule has 2 heterocycles. The van der Waals surface area contributed by atoms with Crippen LogP contribution < -0.4 is 15.4 Å². The van der Waals surface area contributed by atoms with Gasteiger partial charge in [-0.2, -0.15) is 0 Å². The van der Waals surface area contributed by atoms with Gasteiger partial charge in [0.2, 0.25) is 11.8 Å². The van der Waals surface area contributed by atoms with Crippen LogP contribution in [0.2, 0.25) is 0 Å². The third-order valence-corrected chi connectivity index (χ3v) is 5.92. The third kappa shape index (κ3) is 5.11. The second kappa shape index (κ2) is 9.21. The Bertz CT molecular complexity index is 849. The minimum Gasteiger partial charge on any atom is -0.496 e. The Morgan fingerprint density at radius 1 is 1.32 bits per heavy atom. The van der Waals surface area contributed by atoms with E-state index in [1.807, 2.05) is 38.1 Å². The molecule has 6 nitrogen and oxygen atoms in total. The van der Waals surface area contributed by atoms with Crippen LogP contribution in [0.1, 0.15) is 27.3 Å². The number of nitrogens with one attached hydrogen (secondary N) is 2. The third-order valence-electron chi connectivity index (χ3n) is 4.92. The lowest BCUT2D eigenvalue weighted by Gasteiger charge is -2.34. The smallest absolute Gasteiger partial charge is 0.237 e. The largest absolute Gasteiger partial charge is 0.496 e. The Kier molecular flexibility index (Phi) is 6.70. The summed E-state index contributed by atoms with van der Waals surface area (Å²) < 4.78 is 5.32. The minimum atomic E-state index is -0.457. The molecule has 150 valence electrons. The Morgan fingerprint density at radius 2 is 2.14 bits per heavy atom. The lowest BCUT2D eigenvalue weighted by Crippen LogP contribution is -2.56. The highest BCUT2D eigenvalue weighted by molar-refractivity contribution is 7.11. The Labute approximate surface area is 169 Å². The summed E-state index contributed by atoms with van der Waals surface area (Å²) in [5.74, 6) is 0.655. The van der Waals surface area contributed by atoms with Crippen molar-refractivity contribution in [3.05, 3.63) is 51.2 Å². The predicted octanol–water partition coefficient (Wildman–Crippen LogP) is 2.38. The number of carbonyl (C=O) groups is 2. The molecule has 2 amide bonds. The SMILES string of the molecule is COc1ccc(CN2CCNC(=O)[C@@H]2CC(=O)NCc2ccc(C)s2)cc1C. The van der Waals surface area contributed by atoms with Crippen LogP contribution in [0.25, 0.3) is 0 Å². The molecule has 0 unspecified atom stereocenters. The number of methoxy groups -OCH3 is 1. The summed E-state index contributed by atoms with van der Waals surface area (Å²) in [6, 6.07) is 9.63. The molecule has 1 aliphatic rings. The summed E-state index contributed by atoms with van der Waals surface area (Å²) in [5.41, 5.74) is 2.16. The molecule has 0 radical (unpaired) electrons. The molecule has 2 N–H and O–H groups in total. The van der Waals surface area contributed by atoms with Gasteiger partial charge in [-0.25, -0.2) is 0 Å². The number of piperazine rings is 1. The molecule has 1 saturated heterocycles. The van der Waals surface area contributed by atoms with Crippen molar-refractivity contribution in [2.45, 2.75) is 39.4 Å². The molecule has 3 rings (SSSR count). The highest BCUT2D eigenvalue weighted by Gasteiger charge is 2.31. The van der Waals surface area contributed by atoms with E-state index in [0.29, 0.717) is 19.6 Å². The molecular formula is C21H27N3O3S. The summed E-state index contributed by atoms with van der Waals surface area (Å²) in [4.78, 5) is 29.3. The fourth-order valence-corrected chi connectivity index (χ4v) is 4.29. The van der Waals surface area contributed by atoms with Crippen LogP contribution in [0.15, 0.2) is 30.3 Å². The first kappa shape index (κ1) is 20.4. The van der Waals surface area contributed by atoms with Gasteiger partial charge in [0, 0.05) is 29.4 Å². The van der Waals surface area contributed by atoms with Crippen molar-refractivity contribution in [2.24, 2.45) is 0 Å². The molecule has 0 bridgehead atoms. The van der Waals surface area contributed by atoms with Crippen molar-refractivity contribution in [1.29, 1.82) is 0 Å². The summed E-state index contributed by atoms with van der Waals surface area (Å²) >= 11 is 1.67. The summed E-state index contributed by atoms with van der Waals surface area (Å²) in [7, 11) is 1.66. The monoisotopic (exact) mass is 401 g/mol. The topological polar surface area (TPSA) is 70.7 Å². The van der Waals surface area contributed by atoms with Gasteiger partial charge >= 0.3 is 0 Å². The van der Waals surface area contributed by atoms with Crippen LogP contribution in [0.5, 0.6) is 5.75 Å². The van der Waals surface area contributed by atoms with E-state index in [-0.39, 0.29) is 18.2 Å². The van der Waals surface area contributed by atoms with Crippen molar-refractivity contribution in [3.8, 4) is 5.75 Å². The molecule has 2 aromatic rings. The van der Waals surface area contributed by atoms with Gasteiger partial charge in [0.05, 0.1) is 26.1 Å². The number of nitrogens with zero attached hydrogens (tertiary/aromatic N) is 1. The molecule has 0 spiro atoms. The molecule has 1 aromatic carbocycles. The molecular weight excluding hydrogens is 374 g/mol. The highest BCUT2D eigenvalue weighted by atomic mass is 32.1. The molecule has 1 atom stereocenters. The van der Waals surface area contributed by atoms with Crippen molar-refractivity contribution < 1.29 is 14.3 Å². The zero-order valence-electron chi connectivity index (χ0n) is 16.6. The molecule has 0 aliphatic carbocycles. The second-order valence-electron chi connectivity index (χ2n) is 7.07. The van der Waals surface area contributed by atoms with E-state index in [4.69, 9.17) is 4.74 Å². The number of carbonyl (C=O) groups excluding carboxylic acids is 2. The molecule has 0 saturated carbocycles. The van der Waals surface area contributed by atoms with E-state index in [1.165, 1.54) is 4.88 Å². The van der Waals surface area contributed by atoms with E-state index < -0.39 is 6.04 Å². The lowest BCUT2D eigenvalue weighted by molar-refractivity contribution is -0.134. The number of amides is 2. The number of rotatable bonds is 7. The lowest BCUT2D eigenvalue weighted by atomic mass is 10.1. The zero-order valence-corrected chi connectivity index (χ0v) is 17.4. The van der Waals surface area contributed by atoms with Gasteiger partial charge in [0.25, 0.3) is 0 Å². The Hall–Kier alpha value is -2.38. The van der Waals surface area contributed by atoms with Crippen molar-refractivity contribution >= 4 is 23.2 Å². The maximum atomic E-state index is 12.4. The number of hydrogen-bond acceptors (Lipinski definition) is 5. The van der Waals surface area contributed by atoms with Gasteiger partial charge in [-0.1, -0.05) is 12.1 Å². The quantitative estimate of drug-likeness (QED) is 0.747. The van der Waals surface area contributed by atoms with Crippen LogP contribution in [-0.2, 0) is 22.7 Å². The van der Waals surface area contributed by atoms with Gasteiger partial charge in [-0.15, -0.1) is 11.3 Å². The fraction of sp³-hybridized carbons (Fsp3) is 0.429. The normalized spacial score (nSPS) is 17.2. The molecule has 28 heavy (non-hydrogen) atoms. The maximum absolute atomic E-state index is 12.4. The summed E-state index contributed by atoms with van der Waals surface area (Å²) in [6.45, 7) is 6.49. The standard InChI is InChI=1S/C21H27N3O3S/c1-14-10-16(5-7-19(14)27-3)13-24-9-8-22-21(26)18(24)11-20(25)23-12-17-6-4-15(2)28-17/h4-7,10,18H,8-9,11-13H2,1-3H3,(H,22,26)(H,23,25)/t18-/m0/s1. The van der Waals surface area contributed by atoms with Crippen molar-refractivity contribution in [2.75, 3.05) is 20.2 Å². The van der Waals surface area contributed by atoms with Gasteiger partial charge in [-0.05, 0) is 43.2 Å². The summed E-state index contributed by atoms with van der Waals surface area (Å²) in [5, 5.41) is 5.82. The average Bonchev–Trinajstić information content (AvgIpc) is 3.08. The van der Waals surface area contributed by atoms with E-state index >= 15 is 0 Å². The number of hydrogen-bond donors (Lipinski definition) is 2. The number of ether oxygens (including phenoxy) is 1. The van der Waals surface area contributed by atoms with Gasteiger partial charge < -0.3 is 15.4 Å². The van der Waals surface area contributed by atoms with E-state index in [1.54, 1.807) is 18.4 Å². The molecule has 1 fully saturated rings. The maximum Gasteiger partial charge on any atom is 0.237 e. The first-order chi connectivity index (χ1) is 13.5. The second-order valence-corrected chi connectivity index (χ2v) is 8.45. The summed E-state index contributed by atoms with van der Waals surface area (Å²) in [6.07, 6.45) is 0.158. The Balaban J connectivity index is 1.62. The van der Waals surface area contributed by atoms with Crippen LogP contribution in [-0.4, -0.2) is 43.0 Å². The highest BCUT2D eigenvalue weighted by Crippen LogP contribution is 2.21. The van der Waals surface area contributed by atoms with E-state index in [2.05, 4.69) is 21.6 Å². The fourth-order valence-electron chi connectivity index (χ4n) is 3.46. The number of thiophene rings is 1. The van der Waals surface area contributed by atoms with Gasteiger partial charge in [0.1, 0.15) is 5.75 Å².